The molecule has 0 spiro atoms. The van der Waals surface area contributed by atoms with E-state index in [4.69, 9.17) is 10.5 Å². The monoisotopic (exact) mass is 277 g/mol. The molecule has 0 radical (unpaired) electrons. The van der Waals surface area contributed by atoms with Crippen LogP contribution in [0.1, 0.15) is 22.7 Å². The zero-order valence-electron chi connectivity index (χ0n) is 11.2. The van der Waals surface area contributed by atoms with Crippen LogP contribution in [0.4, 0.5) is 13.2 Å². The quantitative estimate of drug-likeness (QED) is 0.900. The van der Waals surface area contributed by atoms with Crippen LogP contribution in [0.25, 0.3) is 0 Å². The van der Waals surface area contributed by atoms with Crippen molar-refractivity contribution in [3.05, 3.63) is 28.8 Å². The van der Waals surface area contributed by atoms with Crippen molar-refractivity contribution in [1.29, 1.82) is 0 Å². The minimum atomic E-state index is -4.33. The van der Waals surface area contributed by atoms with E-state index in [9.17, 15) is 13.2 Å². The highest BCUT2D eigenvalue weighted by atomic mass is 19.4. The van der Waals surface area contributed by atoms with Crippen molar-refractivity contribution in [2.75, 3.05) is 20.3 Å². The molecule has 0 aliphatic carbocycles. The summed E-state index contributed by atoms with van der Waals surface area (Å²) in [5, 5.41) is 0. The molecule has 0 aliphatic heterocycles. The molecule has 1 aromatic rings. The SMILES string of the molecule is COc1c(C)cc(C(N)COCC(F)(F)F)cc1C. The van der Waals surface area contributed by atoms with E-state index < -0.39 is 18.8 Å². The van der Waals surface area contributed by atoms with Crippen molar-refractivity contribution >= 4 is 0 Å². The Morgan fingerprint density at radius 1 is 1.21 bits per heavy atom. The third-order valence-corrected chi connectivity index (χ3v) is 2.68. The number of ether oxygens (including phenoxy) is 2. The average molecular weight is 277 g/mol. The van der Waals surface area contributed by atoms with E-state index in [0.29, 0.717) is 0 Å². The van der Waals surface area contributed by atoms with Gasteiger partial charge in [0.25, 0.3) is 0 Å². The van der Waals surface area contributed by atoms with Gasteiger partial charge >= 0.3 is 6.18 Å². The van der Waals surface area contributed by atoms with Gasteiger partial charge in [0.2, 0.25) is 0 Å². The van der Waals surface area contributed by atoms with E-state index in [-0.39, 0.29) is 6.61 Å². The zero-order chi connectivity index (χ0) is 14.6. The van der Waals surface area contributed by atoms with Gasteiger partial charge in [-0.15, -0.1) is 0 Å². The van der Waals surface area contributed by atoms with Crippen LogP contribution < -0.4 is 10.5 Å². The number of hydrogen-bond acceptors (Lipinski definition) is 3. The maximum atomic E-state index is 12.0. The van der Waals surface area contributed by atoms with Gasteiger partial charge in [-0.3, -0.25) is 0 Å². The molecule has 108 valence electrons. The van der Waals surface area contributed by atoms with Gasteiger partial charge in [-0.1, -0.05) is 12.1 Å². The van der Waals surface area contributed by atoms with Crippen molar-refractivity contribution in [3.8, 4) is 5.75 Å². The predicted octanol–water partition coefficient (Wildman–Crippen LogP) is 2.89. The summed E-state index contributed by atoms with van der Waals surface area (Å²) in [6.45, 7) is 2.26. The second kappa shape index (κ2) is 6.25. The van der Waals surface area contributed by atoms with Crippen molar-refractivity contribution in [3.63, 3.8) is 0 Å². The molecule has 1 unspecified atom stereocenters. The molecule has 1 rings (SSSR count). The van der Waals surface area contributed by atoms with E-state index in [0.717, 1.165) is 22.4 Å². The standard InChI is InChI=1S/C13H18F3NO2/c1-8-4-10(5-9(2)12(8)18-3)11(17)6-19-7-13(14,15)16/h4-5,11H,6-7,17H2,1-3H3. The van der Waals surface area contributed by atoms with Gasteiger partial charge in [0.05, 0.1) is 19.8 Å². The molecule has 0 amide bonds. The van der Waals surface area contributed by atoms with E-state index in [2.05, 4.69) is 4.74 Å². The van der Waals surface area contributed by atoms with Crippen LogP contribution >= 0.6 is 0 Å². The second-order valence-corrected chi connectivity index (χ2v) is 4.42. The number of nitrogens with two attached hydrogens (primary N) is 1. The summed E-state index contributed by atoms with van der Waals surface area (Å²) in [4.78, 5) is 0. The first-order valence-corrected chi connectivity index (χ1v) is 5.80. The smallest absolute Gasteiger partial charge is 0.411 e. The molecule has 6 heteroatoms. The van der Waals surface area contributed by atoms with Gasteiger partial charge in [-0.25, -0.2) is 0 Å². The predicted molar refractivity (Wildman–Crippen MR) is 66.3 cm³/mol. The van der Waals surface area contributed by atoms with Crippen LogP contribution in [-0.2, 0) is 4.74 Å². The van der Waals surface area contributed by atoms with Gasteiger partial charge in [-0.05, 0) is 30.5 Å². The molecule has 1 atom stereocenters. The summed E-state index contributed by atoms with van der Waals surface area (Å²) in [7, 11) is 1.57. The first-order chi connectivity index (χ1) is 8.74. The fourth-order valence-electron chi connectivity index (χ4n) is 1.92. The van der Waals surface area contributed by atoms with E-state index in [1.54, 1.807) is 19.2 Å². The van der Waals surface area contributed by atoms with E-state index in [1.165, 1.54) is 0 Å². The van der Waals surface area contributed by atoms with Gasteiger partial charge in [0.15, 0.2) is 0 Å². The van der Waals surface area contributed by atoms with Crippen LogP contribution in [0, 0.1) is 13.8 Å². The average Bonchev–Trinajstić information content (AvgIpc) is 2.26. The molecule has 0 aromatic heterocycles. The first kappa shape index (κ1) is 15.8. The summed E-state index contributed by atoms with van der Waals surface area (Å²) in [6.07, 6.45) is -4.33. The molecule has 19 heavy (non-hydrogen) atoms. The van der Waals surface area contributed by atoms with Crippen molar-refractivity contribution in [2.24, 2.45) is 5.73 Å². The number of methoxy groups -OCH3 is 1. The summed E-state index contributed by atoms with van der Waals surface area (Å²) >= 11 is 0. The van der Waals surface area contributed by atoms with Crippen molar-refractivity contribution in [2.45, 2.75) is 26.1 Å². The molecule has 0 aliphatic rings. The highest BCUT2D eigenvalue weighted by Gasteiger charge is 2.27. The minimum Gasteiger partial charge on any atom is -0.496 e. The molecule has 0 heterocycles. The number of alkyl halides is 3. The van der Waals surface area contributed by atoms with Crippen LogP contribution in [0.5, 0.6) is 5.75 Å². The number of halogens is 3. The summed E-state index contributed by atoms with van der Waals surface area (Å²) in [6, 6.07) is 3.01. The van der Waals surface area contributed by atoms with Gasteiger partial charge < -0.3 is 15.2 Å². The molecule has 0 bridgehead atoms. The number of hydrogen-bond donors (Lipinski definition) is 1. The lowest BCUT2D eigenvalue weighted by molar-refractivity contribution is -0.174. The fraction of sp³-hybridized carbons (Fsp3) is 0.538. The Labute approximate surface area is 110 Å². The molecular weight excluding hydrogens is 259 g/mol. The Bertz CT molecular complexity index is 409. The third-order valence-electron chi connectivity index (χ3n) is 2.68. The molecular formula is C13H18F3NO2. The fourth-order valence-corrected chi connectivity index (χ4v) is 1.92. The normalized spacial score (nSPS) is 13.4. The zero-order valence-corrected chi connectivity index (χ0v) is 11.2. The van der Waals surface area contributed by atoms with Crippen molar-refractivity contribution < 1.29 is 22.6 Å². The number of rotatable bonds is 5. The van der Waals surface area contributed by atoms with E-state index in [1.807, 2.05) is 13.8 Å². The lowest BCUT2D eigenvalue weighted by Crippen LogP contribution is -2.23. The molecule has 0 saturated carbocycles. The van der Waals surface area contributed by atoms with Crippen LogP contribution in [-0.4, -0.2) is 26.5 Å². The molecule has 2 N–H and O–H groups in total. The Hall–Kier alpha value is -1.27. The third kappa shape index (κ3) is 4.72. The summed E-state index contributed by atoms with van der Waals surface area (Å²) in [5.41, 5.74) is 8.34. The topological polar surface area (TPSA) is 44.5 Å². The van der Waals surface area contributed by atoms with Crippen molar-refractivity contribution in [1.82, 2.24) is 0 Å². The van der Waals surface area contributed by atoms with Crippen LogP contribution in [0.3, 0.4) is 0 Å². The Morgan fingerprint density at radius 3 is 2.16 bits per heavy atom. The highest BCUT2D eigenvalue weighted by Crippen LogP contribution is 2.26. The Kier molecular flexibility index (Phi) is 5.20. The lowest BCUT2D eigenvalue weighted by atomic mass is 10.0. The van der Waals surface area contributed by atoms with Crippen LogP contribution in [0.15, 0.2) is 12.1 Å². The largest absolute Gasteiger partial charge is 0.496 e. The molecule has 0 fully saturated rings. The van der Waals surface area contributed by atoms with Gasteiger partial charge in [0, 0.05) is 0 Å². The van der Waals surface area contributed by atoms with E-state index >= 15 is 0 Å². The second-order valence-electron chi connectivity index (χ2n) is 4.42. The van der Waals surface area contributed by atoms with Gasteiger partial charge in [0.1, 0.15) is 12.4 Å². The molecule has 0 saturated heterocycles. The summed E-state index contributed by atoms with van der Waals surface area (Å²) < 4.78 is 45.6. The minimum absolute atomic E-state index is 0.176. The lowest BCUT2D eigenvalue weighted by Gasteiger charge is -2.17. The maximum Gasteiger partial charge on any atom is 0.411 e. The summed E-state index contributed by atoms with van der Waals surface area (Å²) in [5.74, 6) is 0.757. The first-order valence-electron chi connectivity index (χ1n) is 5.80. The molecule has 1 aromatic carbocycles. The Morgan fingerprint density at radius 2 is 1.74 bits per heavy atom. The maximum absolute atomic E-state index is 12.0. The van der Waals surface area contributed by atoms with Gasteiger partial charge in [-0.2, -0.15) is 13.2 Å². The molecule has 3 nitrogen and oxygen atoms in total. The Balaban J connectivity index is 2.70. The number of benzene rings is 1. The van der Waals surface area contributed by atoms with Crippen LogP contribution in [0.2, 0.25) is 0 Å². The highest BCUT2D eigenvalue weighted by molar-refractivity contribution is 5.44. The number of aryl methyl sites for hydroxylation is 2.